The Kier molecular flexibility index (Phi) is 4.73. The Balaban J connectivity index is 1.84. The van der Waals surface area contributed by atoms with Crippen LogP contribution >= 0.6 is 0 Å². The fourth-order valence-corrected chi connectivity index (χ4v) is 5.37. The molecule has 5 nitrogen and oxygen atoms in total. The van der Waals surface area contributed by atoms with E-state index in [9.17, 15) is 14.7 Å². The van der Waals surface area contributed by atoms with Crippen LogP contribution in [-0.4, -0.2) is 35.4 Å². The van der Waals surface area contributed by atoms with Crippen LogP contribution in [0.2, 0.25) is 0 Å². The molecule has 3 aliphatic rings. The minimum atomic E-state index is -0.556. The first-order valence-corrected chi connectivity index (χ1v) is 9.40. The third kappa shape index (κ3) is 3.12. The number of hydrogen-bond donors (Lipinski definition) is 1. The first kappa shape index (κ1) is 18.4. The second-order valence-electron chi connectivity index (χ2n) is 8.90. The molecule has 0 spiro atoms. The van der Waals surface area contributed by atoms with Gasteiger partial charge in [0.15, 0.2) is 0 Å². The molecule has 7 atom stereocenters. The molecule has 0 unspecified atom stereocenters. The summed E-state index contributed by atoms with van der Waals surface area (Å²) in [5, 5.41) is 10.8. The number of esters is 2. The summed E-state index contributed by atoms with van der Waals surface area (Å²) in [6.45, 7) is 12.1. The molecular weight excluding hydrogens is 320 g/mol. The second kappa shape index (κ2) is 6.42. The molecule has 1 heterocycles. The van der Waals surface area contributed by atoms with Crippen molar-refractivity contribution in [3.8, 4) is 0 Å². The van der Waals surface area contributed by atoms with Crippen molar-refractivity contribution in [2.75, 3.05) is 0 Å². The minimum Gasteiger partial charge on any atom is -0.462 e. The van der Waals surface area contributed by atoms with Gasteiger partial charge in [0.1, 0.15) is 12.2 Å². The van der Waals surface area contributed by atoms with Gasteiger partial charge in [0.05, 0.1) is 6.10 Å². The average Bonchev–Trinajstić information content (AvgIpc) is 2.81. The van der Waals surface area contributed by atoms with Gasteiger partial charge in [-0.25, -0.2) is 4.79 Å². The van der Waals surface area contributed by atoms with E-state index in [-0.39, 0.29) is 47.8 Å². The zero-order chi connectivity index (χ0) is 18.5. The summed E-state index contributed by atoms with van der Waals surface area (Å²) in [5.74, 6) is -0.0485. The van der Waals surface area contributed by atoms with Gasteiger partial charge >= 0.3 is 11.9 Å². The lowest BCUT2D eigenvalue weighted by Gasteiger charge is -2.38. The topological polar surface area (TPSA) is 72.8 Å². The summed E-state index contributed by atoms with van der Waals surface area (Å²) >= 11 is 0. The summed E-state index contributed by atoms with van der Waals surface area (Å²) in [4.78, 5) is 24.1. The van der Waals surface area contributed by atoms with Gasteiger partial charge in [-0.3, -0.25) is 4.79 Å². The first-order valence-electron chi connectivity index (χ1n) is 9.40. The van der Waals surface area contributed by atoms with E-state index in [1.807, 2.05) is 13.8 Å². The van der Waals surface area contributed by atoms with Crippen LogP contribution in [0, 0.1) is 29.1 Å². The van der Waals surface area contributed by atoms with Crippen LogP contribution in [0.4, 0.5) is 0 Å². The molecule has 1 N–H and O–H groups in total. The Morgan fingerprint density at radius 2 is 2.12 bits per heavy atom. The lowest BCUT2D eigenvalue weighted by molar-refractivity contribution is -0.153. The molecule has 0 aromatic heterocycles. The van der Waals surface area contributed by atoms with Gasteiger partial charge < -0.3 is 14.6 Å². The zero-order valence-electron chi connectivity index (χ0n) is 15.7. The molecule has 1 saturated heterocycles. The second-order valence-corrected chi connectivity index (χ2v) is 8.90. The number of fused-ring (bicyclic) bond motifs is 2. The third-order valence-electron chi connectivity index (χ3n) is 6.53. The molecule has 2 saturated carbocycles. The van der Waals surface area contributed by atoms with Crippen molar-refractivity contribution in [1.29, 1.82) is 0 Å². The fourth-order valence-electron chi connectivity index (χ4n) is 5.37. The molecule has 0 bridgehead atoms. The van der Waals surface area contributed by atoms with Crippen molar-refractivity contribution in [3.05, 3.63) is 12.2 Å². The Morgan fingerprint density at radius 3 is 2.76 bits per heavy atom. The Labute approximate surface area is 149 Å². The Hall–Kier alpha value is -1.36. The van der Waals surface area contributed by atoms with Crippen LogP contribution in [0.1, 0.15) is 53.4 Å². The highest BCUT2D eigenvalue weighted by atomic mass is 16.6. The molecule has 0 radical (unpaired) electrons. The van der Waals surface area contributed by atoms with E-state index in [0.29, 0.717) is 24.8 Å². The predicted molar refractivity (Wildman–Crippen MR) is 92.5 cm³/mol. The zero-order valence-corrected chi connectivity index (χ0v) is 15.7. The molecule has 1 aliphatic heterocycles. The van der Waals surface area contributed by atoms with Gasteiger partial charge in [0.2, 0.25) is 0 Å². The van der Waals surface area contributed by atoms with Crippen molar-refractivity contribution >= 4 is 11.9 Å². The smallest absolute Gasteiger partial charge is 0.334 e. The molecule has 0 aromatic rings. The monoisotopic (exact) mass is 350 g/mol. The number of aliphatic hydroxyl groups is 1. The molecule has 3 rings (SSSR count). The first-order chi connectivity index (χ1) is 11.6. The number of rotatable bonds is 3. The third-order valence-corrected chi connectivity index (χ3v) is 6.53. The number of carbonyl (C=O) groups excluding carboxylic acids is 2. The van der Waals surface area contributed by atoms with E-state index in [1.54, 1.807) is 0 Å². The number of carbonyl (C=O) groups is 2. The SMILES string of the molecule is C=C1C(=O)O[C@H]2C[C@@H](C)[C@@H]3[C@@H](OC(=O)CC(C)C)C[C@@H](O)[C@@]3(C)C[C@H]12. The lowest BCUT2D eigenvalue weighted by Crippen LogP contribution is -2.39. The quantitative estimate of drug-likeness (QED) is 0.626. The Bertz CT molecular complexity index is 583. The van der Waals surface area contributed by atoms with Gasteiger partial charge in [-0.2, -0.15) is 0 Å². The highest BCUT2D eigenvalue weighted by Crippen LogP contribution is 2.57. The fraction of sp³-hybridized carbons (Fsp3) is 0.800. The van der Waals surface area contributed by atoms with E-state index in [0.717, 1.165) is 6.42 Å². The summed E-state index contributed by atoms with van der Waals surface area (Å²) in [6, 6.07) is 0. The molecule has 140 valence electrons. The van der Waals surface area contributed by atoms with E-state index in [2.05, 4.69) is 20.4 Å². The average molecular weight is 350 g/mol. The van der Waals surface area contributed by atoms with E-state index >= 15 is 0 Å². The van der Waals surface area contributed by atoms with E-state index in [1.165, 1.54) is 0 Å². The molecule has 2 aliphatic carbocycles. The maximum atomic E-state index is 12.2. The van der Waals surface area contributed by atoms with Crippen molar-refractivity contribution in [3.63, 3.8) is 0 Å². The van der Waals surface area contributed by atoms with Gasteiger partial charge in [0, 0.05) is 35.7 Å². The number of hydrogen-bond acceptors (Lipinski definition) is 5. The van der Waals surface area contributed by atoms with Crippen LogP contribution in [0.3, 0.4) is 0 Å². The van der Waals surface area contributed by atoms with Gasteiger partial charge in [-0.05, 0) is 24.7 Å². The highest BCUT2D eigenvalue weighted by Gasteiger charge is 2.60. The number of aliphatic hydroxyl groups excluding tert-OH is 1. The van der Waals surface area contributed by atoms with Crippen LogP contribution in [0.5, 0.6) is 0 Å². The lowest BCUT2D eigenvalue weighted by atomic mass is 9.69. The standard InChI is InChI=1S/C20H30O5/c1-10(2)6-17(22)24-15-8-16(21)20(5)9-13-12(4)19(23)25-14(13)7-11(3)18(15)20/h10-11,13-16,18,21H,4,6-9H2,1-3,5H3/t11-,13-,14+,15+,16-,18-,20-/m1/s1. The Morgan fingerprint density at radius 1 is 1.44 bits per heavy atom. The van der Waals surface area contributed by atoms with Crippen LogP contribution in [0.25, 0.3) is 0 Å². The molecule has 0 aromatic carbocycles. The van der Waals surface area contributed by atoms with Crippen LogP contribution in [0.15, 0.2) is 12.2 Å². The highest BCUT2D eigenvalue weighted by molar-refractivity contribution is 5.90. The maximum Gasteiger partial charge on any atom is 0.334 e. The molecule has 3 fully saturated rings. The van der Waals surface area contributed by atoms with Crippen molar-refractivity contribution in [1.82, 2.24) is 0 Å². The predicted octanol–water partition coefficient (Wildman–Crippen LogP) is 2.86. The number of ether oxygens (including phenoxy) is 2. The van der Waals surface area contributed by atoms with Crippen LogP contribution < -0.4 is 0 Å². The van der Waals surface area contributed by atoms with Crippen LogP contribution in [-0.2, 0) is 19.1 Å². The minimum absolute atomic E-state index is 0.0512. The molecular formula is C20H30O5. The molecule has 0 amide bonds. The summed E-state index contributed by atoms with van der Waals surface area (Å²) in [6.07, 6.45) is 1.23. The normalized spacial score (nSPS) is 43.4. The largest absolute Gasteiger partial charge is 0.462 e. The summed E-state index contributed by atoms with van der Waals surface area (Å²) in [7, 11) is 0. The van der Waals surface area contributed by atoms with Crippen molar-refractivity contribution in [2.45, 2.75) is 71.7 Å². The maximum absolute atomic E-state index is 12.2. The molecule has 25 heavy (non-hydrogen) atoms. The summed E-state index contributed by atoms with van der Waals surface area (Å²) in [5.41, 5.74) is 0.116. The van der Waals surface area contributed by atoms with Crippen molar-refractivity contribution in [2.24, 2.45) is 29.1 Å². The van der Waals surface area contributed by atoms with Gasteiger partial charge in [0.25, 0.3) is 0 Å². The van der Waals surface area contributed by atoms with Crippen molar-refractivity contribution < 1.29 is 24.2 Å². The van der Waals surface area contributed by atoms with Gasteiger partial charge in [-0.15, -0.1) is 0 Å². The molecule has 5 heteroatoms. The van der Waals surface area contributed by atoms with E-state index in [4.69, 9.17) is 9.47 Å². The summed E-state index contributed by atoms with van der Waals surface area (Å²) < 4.78 is 11.3. The van der Waals surface area contributed by atoms with E-state index < -0.39 is 11.5 Å². The van der Waals surface area contributed by atoms with Gasteiger partial charge in [-0.1, -0.05) is 34.3 Å².